The van der Waals surface area contributed by atoms with Gasteiger partial charge in [0.15, 0.2) is 0 Å². The largest absolute Gasteiger partial charge is 0.352 e. The highest BCUT2D eigenvalue weighted by Gasteiger charge is 2.31. The van der Waals surface area contributed by atoms with Gasteiger partial charge in [-0.15, -0.1) is 11.8 Å². The van der Waals surface area contributed by atoms with E-state index < -0.39 is 6.04 Å². The van der Waals surface area contributed by atoms with Crippen molar-refractivity contribution in [1.29, 1.82) is 0 Å². The summed E-state index contributed by atoms with van der Waals surface area (Å²) >= 11 is 26.4. The molecule has 0 saturated carbocycles. The molecule has 3 aromatic carbocycles. The molecule has 0 bridgehead atoms. The van der Waals surface area contributed by atoms with E-state index in [1.54, 1.807) is 35.2 Å². The van der Waals surface area contributed by atoms with E-state index in [2.05, 4.69) is 5.32 Å². The van der Waals surface area contributed by atoms with E-state index in [-0.39, 0.29) is 30.2 Å². The molecule has 9 heteroatoms. The van der Waals surface area contributed by atoms with Crippen LogP contribution in [-0.4, -0.2) is 34.6 Å². The molecule has 3 rings (SSSR count). The zero-order chi connectivity index (χ0) is 27.7. The Bertz CT molecular complexity index is 1240. The monoisotopic (exact) mass is 610 g/mol. The maximum absolute atomic E-state index is 13.7. The fourth-order valence-electron chi connectivity index (χ4n) is 3.80. The van der Waals surface area contributed by atoms with Crippen LogP contribution in [0.2, 0.25) is 20.1 Å². The standard InChI is InChI=1S/C29H30Cl4N2O2S/c1-3-19(2)34-29(37)27(13-20-7-5-4-6-8-20)35(16-21-9-11-23(30)14-25(21)32)28(36)18-38-17-22-10-12-24(31)15-26(22)33/h4-12,14-15,19,27H,3,13,16-18H2,1-2H3,(H,34,37)/t19-,27-/m0/s1. The third-order valence-corrected chi connectivity index (χ3v) is 8.27. The van der Waals surface area contributed by atoms with Crippen LogP contribution in [0.15, 0.2) is 66.7 Å². The Morgan fingerprint density at radius 2 is 1.50 bits per heavy atom. The Balaban J connectivity index is 1.89. The minimum absolute atomic E-state index is 0.0294. The Morgan fingerprint density at radius 3 is 2.08 bits per heavy atom. The van der Waals surface area contributed by atoms with Gasteiger partial charge in [0.25, 0.3) is 0 Å². The Labute approximate surface area is 249 Å². The summed E-state index contributed by atoms with van der Waals surface area (Å²) in [5, 5.41) is 5.12. The average molecular weight is 612 g/mol. The number of nitrogens with one attached hydrogen (secondary N) is 1. The van der Waals surface area contributed by atoms with Crippen LogP contribution < -0.4 is 5.32 Å². The first-order valence-electron chi connectivity index (χ1n) is 12.3. The molecule has 0 saturated heterocycles. The zero-order valence-corrected chi connectivity index (χ0v) is 25.1. The predicted molar refractivity (Wildman–Crippen MR) is 161 cm³/mol. The van der Waals surface area contributed by atoms with Gasteiger partial charge in [-0.1, -0.05) is 95.8 Å². The fraction of sp³-hybridized carbons (Fsp3) is 0.310. The Hall–Kier alpha value is -1.89. The maximum Gasteiger partial charge on any atom is 0.243 e. The summed E-state index contributed by atoms with van der Waals surface area (Å²) in [6, 6.07) is 19.4. The van der Waals surface area contributed by atoms with Gasteiger partial charge in [-0.2, -0.15) is 0 Å². The molecular formula is C29H30Cl4N2O2S. The Morgan fingerprint density at radius 1 is 0.895 bits per heavy atom. The number of amides is 2. The highest BCUT2D eigenvalue weighted by Crippen LogP contribution is 2.27. The molecule has 0 aliphatic heterocycles. The first-order chi connectivity index (χ1) is 18.2. The van der Waals surface area contributed by atoms with Crippen LogP contribution in [0.25, 0.3) is 0 Å². The second-order valence-corrected chi connectivity index (χ2v) is 11.7. The maximum atomic E-state index is 13.7. The summed E-state index contributed by atoms with van der Waals surface area (Å²) in [6.45, 7) is 4.13. The molecule has 1 N–H and O–H groups in total. The molecule has 0 aliphatic carbocycles. The van der Waals surface area contributed by atoms with Gasteiger partial charge < -0.3 is 10.2 Å². The fourth-order valence-corrected chi connectivity index (χ4v) is 5.74. The summed E-state index contributed by atoms with van der Waals surface area (Å²) in [6.07, 6.45) is 1.15. The number of hydrogen-bond donors (Lipinski definition) is 1. The highest BCUT2D eigenvalue weighted by atomic mass is 35.5. The van der Waals surface area contributed by atoms with Gasteiger partial charge >= 0.3 is 0 Å². The van der Waals surface area contributed by atoms with Crippen molar-refractivity contribution in [1.82, 2.24) is 10.2 Å². The van der Waals surface area contributed by atoms with Crippen molar-refractivity contribution in [2.75, 3.05) is 5.75 Å². The lowest BCUT2D eigenvalue weighted by Gasteiger charge is -2.32. The number of thioether (sulfide) groups is 1. The van der Waals surface area contributed by atoms with Crippen molar-refractivity contribution >= 4 is 70.0 Å². The average Bonchev–Trinajstić information content (AvgIpc) is 2.88. The van der Waals surface area contributed by atoms with Crippen LogP contribution in [0.5, 0.6) is 0 Å². The minimum atomic E-state index is -0.731. The molecule has 0 spiro atoms. The summed E-state index contributed by atoms with van der Waals surface area (Å²) in [7, 11) is 0. The lowest BCUT2D eigenvalue weighted by molar-refractivity contribution is -0.139. The van der Waals surface area contributed by atoms with Crippen LogP contribution in [0.4, 0.5) is 0 Å². The van der Waals surface area contributed by atoms with Gasteiger partial charge in [0.2, 0.25) is 11.8 Å². The van der Waals surface area contributed by atoms with E-state index >= 15 is 0 Å². The van der Waals surface area contributed by atoms with Crippen molar-refractivity contribution in [2.24, 2.45) is 0 Å². The van der Waals surface area contributed by atoms with E-state index in [1.807, 2.05) is 50.2 Å². The number of hydrogen-bond acceptors (Lipinski definition) is 3. The van der Waals surface area contributed by atoms with Crippen LogP contribution in [-0.2, 0) is 28.3 Å². The highest BCUT2D eigenvalue weighted by molar-refractivity contribution is 7.99. The van der Waals surface area contributed by atoms with Crippen molar-refractivity contribution in [3.05, 3.63) is 104 Å². The quantitative estimate of drug-likeness (QED) is 0.225. The normalized spacial score (nSPS) is 12.6. The molecule has 0 fully saturated rings. The van der Waals surface area contributed by atoms with Crippen molar-refractivity contribution in [3.8, 4) is 0 Å². The molecule has 0 aromatic heterocycles. The first kappa shape index (κ1) is 30.6. The number of nitrogens with zero attached hydrogens (tertiary/aromatic N) is 1. The van der Waals surface area contributed by atoms with Crippen molar-refractivity contribution in [3.63, 3.8) is 0 Å². The zero-order valence-electron chi connectivity index (χ0n) is 21.2. The SMILES string of the molecule is CC[C@H](C)NC(=O)[C@H](Cc1ccccc1)N(Cc1ccc(Cl)cc1Cl)C(=O)CSCc1ccc(Cl)cc1Cl. The minimum Gasteiger partial charge on any atom is -0.352 e. The van der Waals surface area contributed by atoms with Crippen LogP contribution in [0.3, 0.4) is 0 Å². The molecule has 0 unspecified atom stereocenters. The van der Waals surface area contributed by atoms with E-state index in [1.165, 1.54) is 11.8 Å². The third-order valence-electron chi connectivity index (χ3n) is 6.13. The van der Waals surface area contributed by atoms with E-state index in [4.69, 9.17) is 46.4 Å². The topological polar surface area (TPSA) is 49.4 Å². The van der Waals surface area contributed by atoms with Gasteiger partial charge in [-0.25, -0.2) is 0 Å². The van der Waals surface area contributed by atoms with E-state index in [0.717, 1.165) is 17.5 Å². The van der Waals surface area contributed by atoms with Gasteiger partial charge in [0.05, 0.1) is 5.75 Å². The van der Waals surface area contributed by atoms with Crippen LogP contribution in [0, 0.1) is 0 Å². The molecule has 0 radical (unpaired) electrons. The number of rotatable bonds is 12. The molecule has 0 heterocycles. The summed E-state index contributed by atoms with van der Waals surface area (Å²) in [4.78, 5) is 28.9. The van der Waals surface area contributed by atoms with Crippen molar-refractivity contribution in [2.45, 2.75) is 51.1 Å². The van der Waals surface area contributed by atoms with E-state index in [9.17, 15) is 9.59 Å². The molecule has 0 aliphatic rings. The number of halogens is 4. The summed E-state index contributed by atoms with van der Waals surface area (Å²) < 4.78 is 0. The summed E-state index contributed by atoms with van der Waals surface area (Å²) in [5.74, 6) is 0.310. The second kappa shape index (κ2) is 15.0. The van der Waals surface area contributed by atoms with Gasteiger partial charge in [0.1, 0.15) is 6.04 Å². The third kappa shape index (κ3) is 9.10. The van der Waals surface area contributed by atoms with Gasteiger partial charge in [-0.05, 0) is 54.3 Å². The van der Waals surface area contributed by atoms with Crippen LogP contribution in [0.1, 0.15) is 37.0 Å². The van der Waals surface area contributed by atoms with Crippen molar-refractivity contribution < 1.29 is 9.59 Å². The second-order valence-electron chi connectivity index (χ2n) is 9.01. The molecule has 38 heavy (non-hydrogen) atoms. The number of carbonyl (C=O) groups excluding carboxylic acids is 2. The molecule has 202 valence electrons. The number of carbonyl (C=O) groups is 2. The summed E-state index contributed by atoms with van der Waals surface area (Å²) in [5.41, 5.74) is 2.55. The van der Waals surface area contributed by atoms with Gasteiger partial charge in [-0.3, -0.25) is 9.59 Å². The lowest BCUT2D eigenvalue weighted by atomic mass is 10.0. The molecule has 3 aromatic rings. The Kier molecular flexibility index (Phi) is 12.1. The lowest BCUT2D eigenvalue weighted by Crippen LogP contribution is -2.52. The van der Waals surface area contributed by atoms with Gasteiger partial charge in [0, 0.05) is 44.9 Å². The molecule has 2 amide bonds. The smallest absolute Gasteiger partial charge is 0.243 e. The predicted octanol–water partition coefficient (Wildman–Crippen LogP) is 8.09. The molecule has 2 atom stereocenters. The molecular weight excluding hydrogens is 582 g/mol. The first-order valence-corrected chi connectivity index (χ1v) is 14.9. The number of benzene rings is 3. The van der Waals surface area contributed by atoms with E-state index in [0.29, 0.717) is 37.8 Å². The molecule has 4 nitrogen and oxygen atoms in total. The van der Waals surface area contributed by atoms with Crippen LogP contribution >= 0.6 is 58.2 Å².